The molecule has 1 fully saturated rings. The van der Waals surface area contributed by atoms with Crippen molar-refractivity contribution in [3.8, 4) is 0 Å². The van der Waals surface area contributed by atoms with Crippen LogP contribution >= 0.6 is 15.9 Å². The molecule has 0 saturated heterocycles. The topological polar surface area (TPSA) is 23.5 Å². The van der Waals surface area contributed by atoms with Crippen molar-refractivity contribution >= 4 is 21.6 Å². The molecule has 1 aromatic carbocycles. The number of halogens is 1. The fourth-order valence-corrected chi connectivity index (χ4v) is 3.21. The van der Waals surface area contributed by atoms with Crippen molar-refractivity contribution in [3.63, 3.8) is 0 Å². The van der Waals surface area contributed by atoms with Crippen molar-refractivity contribution in [3.05, 3.63) is 28.2 Å². The fourth-order valence-electron chi connectivity index (χ4n) is 2.80. The highest BCUT2D eigenvalue weighted by Crippen LogP contribution is 2.31. The normalized spacial score (nSPS) is 16.4. The van der Waals surface area contributed by atoms with Crippen LogP contribution in [-0.2, 0) is 6.61 Å². The average Bonchev–Trinajstić information content (AvgIpc) is 2.85. The van der Waals surface area contributed by atoms with E-state index < -0.39 is 0 Å². The maximum Gasteiger partial charge on any atom is 0.0702 e. The number of rotatable bonds is 4. The van der Waals surface area contributed by atoms with Crippen LogP contribution in [0, 0.1) is 0 Å². The second-order valence-electron chi connectivity index (χ2n) is 4.66. The van der Waals surface area contributed by atoms with E-state index in [1.54, 1.807) is 0 Å². The molecular weight excluding hydrogens is 278 g/mol. The molecule has 0 spiro atoms. The summed E-state index contributed by atoms with van der Waals surface area (Å²) in [7, 11) is 0. The molecule has 0 radical (unpaired) electrons. The molecule has 1 aromatic rings. The smallest absolute Gasteiger partial charge is 0.0702 e. The lowest BCUT2D eigenvalue weighted by molar-refractivity contribution is 0.281. The lowest BCUT2D eigenvalue weighted by Gasteiger charge is -2.31. The predicted octanol–water partition coefficient (Wildman–Crippen LogP) is 3.71. The number of aliphatic hydroxyl groups is 1. The summed E-state index contributed by atoms with van der Waals surface area (Å²) in [6.45, 7) is 3.32. The highest BCUT2D eigenvalue weighted by Gasteiger charge is 2.23. The Hall–Kier alpha value is -0.540. The van der Waals surface area contributed by atoms with E-state index in [2.05, 4.69) is 39.9 Å². The zero-order chi connectivity index (χ0) is 12.3. The van der Waals surface area contributed by atoms with Crippen molar-refractivity contribution in [2.45, 2.75) is 45.3 Å². The van der Waals surface area contributed by atoms with Crippen molar-refractivity contribution in [1.82, 2.24) is 0 Å². The third-order valence-corrected chi connectivity index (χ3v) is 4.12. The van der Waals surface area contributed by atoms with Gasteiger partial charge in [-0.3, -0.25) is 0 Å². The maximum atomic E-state index is 9.48. The molecule has 0 unspecified atom stereocenters. The number of aliphatic hydroxyl groups excluding tert-OH is 1. The summed E-state index contributed by atoms with van der Waals surface area (Å²) < 4.78 is 1.03. The summed E-state index contributed by atoms with van der Waals surface area (Å²) in [5.41, 5.74) is 2.22. The van der Waals surface area contributed by atoms with Crippen LogP contribution in [-0.4, -0.2) is 17.7 Å². The molecular formula is C14H20BrNO. The molecule has 17 heavy (non-hydrogen) atoms. The molecule has 0 amide bonds. The van der Waals surface area contributed by atoms with E-state index in [9.17, 15) is 5.11 Å². The Balaban J connectivity index is 2.29. The van der Waals surface area contributed by atoms with Crippen LogP contribution in [0.25, 0.3) is 0 Å². The number of nitrogens with zero attached hydrogens (tertiary/aromatic N) is 1. The van der Waals surface area contributed by atoms with Gasteiger partial charge in [-0.1, -0.05) is 28.8 Å². The van der Waals surface area contributed by atoms with Gasteiger partial charge in [0.1, 0.15) is 0 Å². The van der Waals surface area contributed by atoms with Gasteiger partial charge in [0.05, 0.1) is 6.61 Å². The number of benzene rings is 1. The van der Waals surface area contributed by atoms with E-state index in [1.807, 2.05) is 6.07 Å². The second-order valence-corrected chi connectivity index (χ2v) is 5.57. The zero-order valence-corrected chi connectivity index (χ0v) is 11.9. The average molecular weight is 298 g/mol. The molecule has 0 aliphatic heterocycles. The number of hydrogen-bond acceptors (Lipinski definition) is 2. The molecule has 2 nitrogen and oxygen atoms in total. The third-order valence-electron chi connectivity index (χ3n) is 3.63. The number of hydrogen-bond donors (Lipinski definition) is 1. The summed E-state index contributed by atoms with van der Waals surface area (Å²) in [5, 5.41) is 9.48. The Morgan fingerprint density at radius 2 is 2.06 bits per heavy atom. The minimum absolute atomic E-state index is 0.109. The largest absolute Gasteiger partial charge is 0.392 e. The Labute approximate surface area is 112 Å². The molecule has 0 heterocycles. The molecule has 0 atom stereocenters. The predicted molar refractivity (Wildman–Crippen MR) is 75.3 cm³/mol. The van der Waals surface area contributed by atoms with Crippen LogP contribution in [0.3, 0.4) is 0 Å². The zero-order valence-electron chi connectivity index (χ0n) is 10.3. The third kappa shape index (κ3) is 2.83. The van der Waals surface area contributed by atoms with Gasteiger partial charge in [-0.25, -0.2) is 0 Å². The highest BCUT2D eigenvalue weighted by atomic mass is 79.9. The van der Waals surface area contributed by atoms with Gasteiger partial charge in [0, 0.05) is 28.3 Å². The molecule has 1 aliphatic carbocycles. The Kier molecular flexibility index (Phi) is 4.46. The summed E-state index contributed by atoms with van der Waals surface area (Å²) in [6.07, 6.45) is 5.25. The minimum atomic E-state index is 0.109. The van der Waals surface area contributed by atoms with Crippen LogP contribution in [0.4, 0.5) is 5.69 Å². The first-order valence-corrected chi connectivity index (χ1v) is 7.21. The Morgan fingerprint density at radius 3 is 2.65 bits per heavy atom. The SMILES string of the molecule is CCN(c1ccc(Br)cc1CO)C1CCCC1. The molecule has 0 bridgehead atoms. The maximum absolute atomic E-state index is 9.48. The summed E-state index contributed by atoms with van der Waals surface area (Å²) >= 11 is 3.46. The summed E-state index contributed by atoms with van der Waals surface area (Å²) in [4.78, 5) is 2.45. The van der Waals surface area contributed by atoms with Gasteiger partial charge >= 0.3 is 0 Å². The van der Waals surface area contributed by atoms with Gasteiger partial charge in [0.25, 0.3) is 0 Å². The van der Waals surface area contributed by atoms with Gasteiger partial charge in [-0.05, 0) is 38.0 Å². The van der Waals surface area contributed by atoms with E-state index in [0.717, 1.165) is 16.6 Å². The summed E-state index contributed by atoms with van der Waals surface area (Å²) in [6, 6.07) is 6.86. The number of anilines is 1. The van der Waals surface area contributed by atoms with Gasteiger partial charge < -0.3 is 10.0 Å². The molecule has 0 aromatic heterocycles. The highest BCUT2D eigenvalue weighted by molar-refractivity contribution is 9.10. The van der Waals surface area contributed by atoms with Gasteiger partial charge in [-0.2, -0.15) is 0 Å². The molecule has 94 valence electrons. The van der Waals surface area contributed by atoms with Crippen molar-refractivity contribution in [2.75, 3.05) is 11.4 Å². The lowest BCUT2D eigenvalue weighted by atomic mass is 10.1. The standard InChI is InChI=1S/C14H20BrNO/c1-2-16(13-5-3-4-6-13)14-8-7-12(15)9-11(14)10-17/h7-9,13,17H,2-6,10H2,1H3. The molecule has 1 N–H and O–H groups in total. The van der Waals surface area contributed by atoms with Crippen molar-refractivity contribution in [1.29, 1.82) is 0 Å². The quantitative estimate of drug-likeness (QED) is 0.916. The molecule has 2 rings (SSSR count). The fraction of sp³-hybridized carbons (Fsp3) is 0.571. The second kappa shape index (κ2) is 5.87. The molecule has 1 saturated carbocycles. The van der Waals surface area contributed by atoms with E-state index in [1.165, 1.54) is 31.4 Å². The van der Waals surface area contributed by atoms with E-state index in [4.69, 9.17) is 0 Å². The summed E-state index contributed by atoms with van der Waals surface area (Å²) in [5.74, 6) is 0. The first-order chi connectivity index (χ1) is 8.26. The molecule has 3 heteroatoms. The van der Waals surface area contributed by atoms with E-state index in [0.29, 0.717) is 6.04 Å². The minimum Gasteiger partial charge on any atom is -0.392 e. The van der Waals surface area contributed by atoms with Crippen LogP contribution in [0.15, 0.2) is 22.7 Å². The van der Waals surface area contributed by atoms with Gasteiger partial charge in [-0.15, -0.1) is 0 Å². The van der Waals surface area contributed by atoms with Crippen LogP contribution < -0.4 is 4.90 Å². The van der Waals surface area contributed by atoms with Crippen LogP contribution in [0.2, 0.25) is 0 Å². The van der Waals surface area contributed by atoms with Gasteiger partial charge in [0.15, 0.2) is 0 Å². The van der Waals surface area contributed by atoms with Crippen LogP contribution in [0.1, 0.15) is 38.2 Å². The monoisotopic (exact) mass is 297 g/mol. The van der Waals surface area contributed by atoms with Crippen LogP contribution in [0.5, 0.6) is 0 Å². The molecule has 1 aliphatic rings. The van der Waals surface area contributed by atoms with Crippen molar-refractivity contribution < 1.29 is 5.11 Å². The first kappa shape index (κ1) is 12.9. The van der Waals surface area contributed by atoms with E-state index in [-0.39, 0.29) is 6.61 Å². The Morgan fingerprint density at radius 1 is 1.35 bits per heavy atom. The first-order valence-electron chi connectivity index (χ1n) is 6.42. The van der Waals surface area contributed by atoms with Crippen molar-refractivity contribution in [2.24, 2.45) is 0 Å². The Bertz CT molecular complexity index is 374. The van der Waals surface area contributed by atoms with E-state index >= 15 is 0 Å². The lowest BCUT2D eigenvalue weighted by Crippen LogP contribution is -2.33. The van der Waals surface area contributed by atoms with Gasteiger partial charge in [0.2, 0.25) is 0 Å².